The van der Waals surface area contributed by atoms with Crippen LogP contribution < -0.4 is 5.73 Å². The lowest BCUT2D eigenvalue weighted by Crippen LogP contribution is -2.32. The zero-order chi connectivity index (χ0) is 13.3. The van der Waals surface area contributed by atoms with Gasteiger partial charge in [0.15, 0.2) is 0 Å². The van der Waals surface area contributed by atoms with Crippen molar-refractivity contribution in [3.63, 3.8) is 0 Å². The van der Waals surface area contributed by atoms with Crippen LogP contribution in [-0.2, 0) is 16.4 Å². The fraction of sp³-hybridized carbons (Fsp3) is 0.538. The highest BCUT2D eigenvalue weighted by molar-refractivity contribution is 7.89. The minimum atomic E-state index is -3.38. The molecule has 1 aromatic rings. The Hall–Kier alpha value is -1.07. The zero-order valence-electron chi connectivity index (χ0n) is 10.9. The topological polar surface area (TPSA) is 63.4 Å². The van der Waals surface area contributed by atoms with Crippen LogP contribution in [0.4, 0.5) is 5.69 Å². The molecule has 0 unspecified atom stereocenters. The van der Waals surface area contributed by atoms with E-state index in [2.05, 4.69) is 0 Å². The summed E-state index contributed by atoms with van der Waals surface area (Å²) in [5, 5.41) is 0. The molecule has 0 spiro atoms. The maximum atomic E-state index is 12.5. The normalized spacial score (nSPS) is 16.2. The summed E-state index contributed by atoms with van der Waals surface area (Å²) in [5.41, 5.74) is 7.43. The van der Waals surface area contributed by atoms with Gasteiger partial charge in [0.05, 0.1) is 4.90 Å². The molecule has 2 N–H and O–H groups in total. The van der Waals surface area contributed by atoms with E-state index in [0.717, 1.165) is 24.8 Å². The fourth-order valence-corrected chi connectivity index (χ4v) is 3.91. The largest absolute Gasteiger partial charge is 0.398 e. The van der Waals surface area contributed by atoms with Gasteiger partial charge in [0, 0.05) is 18.3 Å². The van der Waals surface area contributed by atoms with Gasteiger partial charge in [-0.25, -0.2) is 8.42 Å². The van der Waals surface area contributed by atoms with Crippen LogP contribution in [0.2, 0.25) is 0 Å². The molecule has 5 heteroatoms. The predicted octanol–water partition coefficient (Wildman–Crippen LogP) is 2.00. The van der Waals surface area contributed by atoms with E-state index in [1.165, 1.54) is 0 Å². The molecule has 4 nitrogen and oxygen atoms in total. The van der Waals surface area contributed by atoms with Crippen molar-refractivity contribution < 1.29 is 8.42 Å². The van der Waals surface area contributed by atoms with Gasteiger partial charge in [-0.2, -0.15) is 4.31 Å². The highest BCUT2D eigenvalue weighted by Crippen LogP contribution is 2.32. The summed E-state index contributed by atoms with van der Waals surface area (Å²) in [5.74, 6) is 0. The van der Waals surface area contributed by atoms with Gasteiger partial charge in [-0.3, -0.25) is 0 Å². The number of rotatable bonds is 5. The maximum absolute atomic E-state index is 12.5. The Morgan fingerprint density at radius 3 is 2.44 bits per heavy atom. The third-order valence-electron chi connectivity index (χ3n) is 3.37. The molecule has 1 fully saturated rings. The maximum Gasteiger partial charge on any atom is 0.243 e. The van der Waals surface area contributed by atoms with Crippen LogP contribution in [0.25, 0.3) is 0 Å². The van der Waals surface area contributed by atoms with Crippen molar-refractivity contribution in [2.24, 2.45) is 0 Å². The molecule has 0 saturated heterocycles. The van der Waals surface area contributed by atoms with Gasteiger partial charge < -0.3 is 5.73 Å². The number of sulfonamides is 1. The molecule has 1 aromatic carbocycles. The van der Waals surface area contributed by atoms with E-state index in [1.807, 2.05) is 19.9 Å². The lowest BCUT2D eigenvalue weighted by molar-refractivity contribution is 0.421. The molecule has 0 aliphatic heterocycles. The van der Waals surface area contributed by atoms with E-state index in [0.29, 0.717) is 17.1 Å². The van der Waals surface area contributed by atoms with Crippen molar-refractivity contribution in [2.45, 2.75) is 44.0 Å². The van der Waals surface area contributed by atoms with Crippen LogP contribution >= 0.6 is 0 Å². The second kappa shape index (κ2) is 4.90. The third kappa shape index (κ3) is 2.37. The van der Waals surface area contributed by atoms with Gasteiger partial charge in [0.25, 0.3) is 0 Å². The van der Waals surface area contributed by atoms with Crippen molar-refractivity contribution in [1.29, 1.82) is 0 Å². The molecule has 1 saturated carbocycles. The summed E-state index contributed by atoms with van der Waals surface area (Å²) in [7, 11) is -3.38. The van der Waals surface area contributed by atoms with Crippen molar-refractivity contribution in [3.8, 4) is 0 Å². The van der Waals surface area contributed by atoms with E-state index in [-0.39, 0.29) is 6.04 Å². The lowest BCUT2D eigenvalue weighted by atomic mass is 10.1. The second-order valence-corrected chi connectivity index (χ2v) is 6.54. The number of hydrogen-bond donors (Lipinski definition) is 1. The quantitative estimate of drug-likeness (QED) is 0.831. The van der Waals surface area contributed by atoms with Gasteiger partial charge in [-0.15, -0.1) is 0 Å². The Balaban J connectivity index is 2.37. The molecular weight excluding hydrogens is 248 g/mol. The summed E-state index contributed by atoms with van der Waals surface area (Å²) >= 11 is 0. The van der Waals surface area contributed by atoms with Crippen molar-refractivity contribution in [3.05, 3.63) is 23.8 Å². The summed E-state index contributed by atoms with van der Waals surface area (Å²) in [6, 6.07) is 5.24. The molecule has 0 aromatic heterocycles. The first kappa shape index (κ1) is 13.4. The number of nitrogens with two attached hydrogens (primary N) is 1. The molecule has 0 amide bonds. The van der Waals surface area contributed by atoms with Crippen molar-refractivity contribution in [1.82, 2.24) is 4.31 Å². The Kier molecular flexibility index (Phi) is 3.64. The number of aryl methyl sites for hydroxylation is 1. The minimum absolute atomic E-state index is 0.187. The molecule has 0 heterocycles. The average Bonchev–Trinajstić information content (AvgIpc) is 3.14. The predicted molar refractivity (Wildman–Crippen MR) is 72.8 cm³/mol. The van der Waals surface area contributed by atoms with Crippen LogP contribution in [0.15, 0.2) is 23.1 Å². The first-order chi connectivity index (χ1) is 8.50. The standard InChI is InChI=1S/C13H20N2O2S/c1-3-10-5-8-12(9-13(10)14)18(16,17)15(4-2)11-6-7-11/h5,8-9,11H,3-4,6-7,14H2,1-2H3. The molecule has 2 rings (SSSR count). The highest BCUT2D eigenvalue weighted by atomic mass is 32.2. The molecule has 0 radical (unpaired) electrons. The van der Waals surface area contributed by atoms with E-state index in [4.69, 9.17) is 5.73 Å². The van der Waals surface area contributed by atoms with Gasteiger partial charge in [0.1, 0.15) is 0 Å². The Morgan fingerprint density at radius 2 is 2.00 bits per heavy atom. The fourth-order valence-electron chi connectivity index (χ4n) is 2.18. The first-order valence-corrected chi connectivity index (χ1v) is 7.85. The first-order valence-electron chi connectivity index (χ1n) is 6.41. The Morgan fingerprint density at radius 1 is 1.33 bits per heavy atom. The Labute approximate surface area is 109 Å². The minimum Gasteiger partial charge on any atom is -0.398 e. The van der Waals surface area contributed by atoms with Crippen LogP contribution in [0.3, 0.4) is 0 Å². The third-order valence-corrected chi connectivity index (χ3v) is 5.39. The molecule has 1 aliphatic rings. The summed E-state index contributed by atoms with van der Waals surface area (Å²) in [6.45, 7) is 4.39. The number of hydrogen-bond acceptors (Lipinski definition) is 3. The average molecular weight is 268 g/mol. The monoisotopic (exact) mass is 268 g/mol. The summed E-state index contributed by atoms with van der Waals surface area (Å²) in [4.78, 5) is 0.311. The van der Waals surface area contributed by atoms with Crippen molar-refractivity contribution >= 4 is 15.7 Å². The number of nitrogen functional groups attached to an aromatic ring is 1. The van der Waals surface area contributed by atoms with E-state index in [1.54, 1.807) is 16.4 Å². The number of anilines is 1. The van der Waals surface area contributed by atoms with E-state index >= 15 is 0 Å². The molecule has 0 bridgehead atoms. The van der Waals surface area contributed by atoms with Crippen LogP contribution in [-0.4, -0.2) is 25.3 Å². The van der Waals surface area contributed by atoms with Gasteiger partial charge >= 0.3 is 0 Å². The second-order valence-electron chi connectivity index (χ2n) is 4.65. The molecule has 1 aliphatic carbocycles. The number of benzene rings is 1. The summed E-state index contributed by atoms with van der Waals surface area (Å²) in [6.07, 6.45) is 2.75. The van der Waals surface area contributed by atoms with Gasteiger partial charge in [-0.05, 0) is 37.0 Å². The van der Waals surface area contributed by atoms with Crippen LogP contribution in [0, 0.1) is 0 Å². The van der Waals surface area contributed by atoms with Gasteiger partial charge in [-0.1, -0.05) is 19.9 Å². The van der Waals surface area contributed by atoms with Gasteiger partial charge in [0.2, 0.25) is 10.0 Å². The SMILES string of the molecule is CCc1ccc(S(=O)(=O)N(CC)C2CC2)cc1N. The zero-order valence-corrected chi connectivity index (χ0v) is 11.7. The molecule has 0 atom stereocenters. The summed E-state index contributed by atoms with van der Waals surface area (Å²) < 4.78 is 26.5. The Bertz CT molecular complexity index is 536. The molecule has 100 valence electrons. The van der Waals surface area contributed by atoms with Crippen molar-refractivity contribution in [2.75, 3.05) is 12.3 Å². The molecular formula is C13H20N2O2S. The highest BCUT2D eigenvalue weighted by Gasteiger charge is 2.36. The van der Waals surface area contributed by atoms with E-state index < -0.39 is 10.0 Å². The lowest BCUT2D eigenvalue weighted by Gasteiger charge is -2.20. The molecule has 18 heavy (non-hydrogen) atoms. The number of nitrogens with zero attached hydrogens (tertiary/aromatic N) is 1. The van der Waals surface area contributed by atoms with Crippen LogP contribution in [0.1, 0.15) is 32.3 Å². The van der Waals surface area contributed by atoms with E-state index in [9.17, 15) is 8.42 Å². The smallest absolute Gasteiger partial charge is 0.243 e. The van der Waals surface area contributed by atoms with Crippen LogP contribution in [0.5, 0.6) is 0 Å².